The van der Waals surface area contributed by atoms with Crippen LogP contribution in [-0.4, -0.2) is 26.0 Å². The fourth-order valence-corrected chi connectivity index (χ4v) is 3.06. The number of fused-ring (bicyclic) bond motifs is 1. The van der Waals surface area contributed by atoms with Crippen molar-refractivity contribution in [1.29, 1.82) is 0 Å². The average molecular weight is 359 g/mol. The van der Waals surface area contributed by atoms with Gasteiger partial charge in [0.2, 0.25) is 0 Å². The second-order valence-electron chi connectivity index (χ2n) is 6.73. The van der Waals surface area contributed by atoms with E-state index in [2.05, 4.69) is 27.0 Å². The normalized spacial score (nSPS) is 11.7. The summed E-state index contributed by atoms with van der Waals surface area (Å²) in [6, 6.07) is 13.8. The number of rotatable bonds is 4. The molecule has 0 bridgehead atoms. The van der Waals surface area contributed by atoms with E-state index in [0.29, 0.717) is 12.1 Å². The molecule has 0 unspecified atom stereocenters. The van der Waals surface area contributed by atoms with Crippen molar-refractivity contribution in [3.8, 4) is 5.69 Å². The van der Waals surface area contributed by atoms with Crippen LogP contribution >= 0.6 is 0 Å². The molecule has 0 amide bonds. The molecule has 4 aromatic rings. The van der Waals surface area contributed by atoms with Gasteiger partial charge in [-0.2, -0.15) is 0 Å². The Morgan fingerprint density at radius 1 is 1.11 bits per heavy atom. The van der Waals surface area contributed by atoms with E-state index in [-0.39, 0.29) is 5.56 Å². The first-order chi connectivity index (χ1) is 13.0. The van der Waals surface area contributed by atoms with Gasteiger partial charge in [-0.25, -0.2) is 9.67 Å². The minimum atomic E-state index is -0.107. The quantitative estimate of drug-likeness (QED) is 0.546. The predicted octanol–water partition coefficient (Wildman–Crippen LogP) is 3.59. The highest BCUT2D eigenvalue weighted by Crippen LogP contribution is 2.13. The molecule has 0 saturated heterocycles. The van der Waals surface area contributed by atoms with Crippen LogP contribution in [0.4, 0.5) is 0 Å². The van der Waals surface area contributed by atoms with Gasteiger partial charge in [-0.1, -0.05) is 18.2 Å². The summed E-state index contributed by atoms with van der Waals surface area (Å²) < 4.78 is 1.56. The van der Waals surface area contributed by atoms with Crippen molar-refractivity contribution in [3.63, 3.8) is 0 Å². The number of H-pyrrole nitrogens is 2. The molecule has 0 atom stereocenters. The van der Waals surface area contributed by atoms with Gasteiger partial charge in [-0.05, 0) is 56.2 Å². The molecule has 6 nitrogen and oxygen atoms in total. The van der Waals surface area contributed by atoms with Crippen LogP contribution in [-0.2, 0) is 6.54 Å². The lowest BCUT2D eigenvalue weighted by atomic mass is 10.1. The summed E-state index contributed by atoms with van der Waals surface area (Å²) in [4.78, 5) is 24.9. The highest BCUT2D eigenvalue weighted by molar-refractivity contribution is 5.81. The van der Waals surface area contributed by atoms with Crippen molar-refractivity contribution in [2.75, 3.05) is 0 Å². The van der Waals surface area contributed by atoms with Crippen LogP contribution in [0.25, 0.3) is 16.7 Å². The second-order valence-corrected chi connectivity index (χ2v) is 6.73. The molecule has 2 aromatic heterocycles. The van der Waals surface area contributed by atoms with Gasteiger partial charge in [-0.3, -0.25) is 14.9 Å². The van der Waals surface area contributed by atoms with Crippen molar-refractivity contribution in [2.45, 2.75) is 27.3 Å². The van der Waals surface area contributed by atoms with Gasteiger partial charge in [-0.15, -0.1) is 0 Å². The molecule has 0 radical (unpaired) electrons. The summed E-state index contributed by atoms with van der Waals surface area (Å²) >= 11 is 0. The second kappa shape index (κ2) is 6.72. The highest BCUT2D eigenvalue weighted by atomic mass is 16.1. The van der Waals surface area contributed by atoms with Gasteiger partial charge in [0.1, 0.15) is 5.82 Å². The molecule has 2 N–H and O–H groups in total. The Bertz CT molecular complexity index is 1180. The summed E-state index contributed by atoms with van der Waals surface area (Å²) in [5, 5.41) is 3.14. The number of hydrogen-bond donors (Lipinski definition) is 2. The van der Waals surface area contributed by atoms with Crippen molar-refractivity contribution >= 4 is 17.2 Å². The highest BCUT2D eigenvalue weighted by Gasteiger charge is 2.11. The number of aliphatic imine (C=N–C) groups is 1. The van der Waals surface area contributed by atoms with Crippen molar-refractivity contribution < 1.29 is 0 Å². The summed E-state index contributed by atoms with van der Waals surface area (Å²) in [5.74, 6) is 0.773. The minimum Gasteiger partial charge on any atom is -0.340 e. The topological polar surface area (TPSA) is 78.8 Å². The maximum Gasteiger partial charge on any atom is 0.280 e. The van der Waals surface area contributed by atoms with Gasteiger partial charge in [0.25, 0.3) is 5.56 Å². The van der Waals surface area contributed by atoms with Gasteiger partial charge in [0, 0.05) is 11.9 Å². The molecule has 27 heavy (non-hydrogen) atoms. The number of benzene rings is 2. The predicted molar refractivity (Wildman–Crippen MR) is 108 cm³/mol. The SMILES string of the molecule is Cc1ccc(-n2[nH]c(C)c(C=NCc3nc4ccccc4[nH]3)c2=O)cc1C. The third kappa shape index (κ3) is 3.21. The van der Waals surface area contributed by atoms with Crippen LogP contribution < -0.4 is 5.56 Å². The number of nitrogens with one attached hydrogen (secondary N) is 2. The van der Waals surface area contributed by atoms with Crippen LogP contribution in [0.2, 0.25) is 0 Å². The zero-order valence-corrected chi connectivity index (χ0v) is 15.6. The first-order valence-corrected chi connectivity index (χ1v) is 8.85. The van der Waals surface area contributed by atoms with Crippen molar-refractivity contribution in [2.24, 2.45) is 4.99 Å². The Hall–Kier alpha value is -3.41. The smallest absolute Gasteiger partial charge is 0.280 e. The average Bonchev–Trinajstić information content (AvgIpc) is 3.19. The Morgan fingerprint density at radius 2 is 1.93 bits per heavy atom. The number of nitrogens with zero attached hydrogens (tertiary/aromatic N) is 3. The van der Waals surface area contributed by atoms with Crippen LogP contribution in [0.3, 0.4) is 0 Å². The Balaban J connectivity index is 1.60. The minimum absolute atomic E-state index is 0.107. The first-order valence-electron chi connectivity index (χ1n) is 8.85. The van der Waals surface area contributed by atoms with Crippen LogP contribution in [0.15, 0.2) is 52.3 Å². The summed E-state index contributed by atoms with van der Waals surface area (Å²) in [6.07, 6.45) is 1.62. The number of imidazole rings is 1. The lowest BCUT2D eigenvalue weighted by Crippen LogP contribution is -2.17. The molecule has 0 aliphatic carbocycles. The first kappa shape index (κ1) is 17.0. The molecular weight excluding hydrogens is 338 g/mol. The molecule has 0 spiro atoms. The van der Waals surface area contributed by atoms with E-state index in [1.165, 1.54) is 5.56 Å². The standard InChI is InChI=1S/C21H21N5O/c1-13-8-9-16(10-14(13)2)26-21(27)17(15(3)25-26)11-22-12-20-23-18-6-4-5-7-19(18)24-20/h4-11,25H,12H2,1-3H3,(H,23,24). The summed E-state index contributed by atoms with van der Waals surface area (Å²) in [7, 11) is 0. The molecule has 136 valence electrons. The van der Waals surface area contributed by atoms with E-state index in [1.807, 2.05) is 56.3 Å². The summed E-state index contributed by atoms with van der Waals surface area (Å²) in [5.41, 5.74) is 6.30. The molecule has 4 rings (SSSR count). The number of hydrogen-bond acceptors (Lipinski definition) is 3. The van der Waals surface area contributed by atoms with Crippen LogP contribution in [0.5, 0.6) is 0 Å². The maximum atomic E-state index is 12.8. The maximum absolute atomic E-state index is 12.8. The van der Waals surface area contributed by atoms with E-state index in [1.54, 1.807) is 10.9 Å². The Labute approximate surface area is 156 Å². The molecule has 0 aliphatic rings. The zero-order chi connectivity index (χ0) is 19.0. The lowest BCUT2D eigenvalue weighted by molar-refractivity contribution is 0.833. The monoisotopic (exact) mass is 359 g/mol. The zero-order valence-electron chi connectivity index (χ0n) is 15.6. The molecule has 0 fully saturated rings. The van der Waals surface area contributed by atoms with E-state index in [4.69, 9.17) is 0 Å². The van der Waals surface area contributed by atoms with E-state index in [0.717, 1.165) is 33.8 Å². The lowest BCUT2D eigenvalue weighted by Gasteiger charge is -2.05. The third-order valence-corrected chi connectivity index (χ3v) is 4.77. The molecule has 0 aliphatic heterocycles. The van der Waals surface area contributed by atoms with E-state index < -0.39 is 0 Å². The van der Waals surface area contributed by atoms with Crippen molar-refractivity contribution in [3.05, 3.63) is 81.0 Å². The molecular formula is C21H21N5O. The number of aryl methyl sites for hydroxylation is 3. The van der Waals surface area contributed by atoms with Gasteiger partial charge < -0.3 is 4.98 Å². The molecule has 6 heteroatoms. The van der Waals surface area contributed by atoms with Gasteiger partial charge >= 0.3 is 0 Å². The number of aromatic amines is 2. The van der Waals surface area contributed by atoms with Gasteiger partial charge in [0.05, 0.1) is 28.8 Å². The van der Waals surface area contributed by atoms with Crippen molar-refractivity contribution in [1.82, 2.24) is 19.7 Å². The van der Waals surface area contributed by atoms with E-state index >= 15 is 0 Å². The fourth-order valence-electron chi connectivity index (χ4n) is 3.06. The fraction of sp³-hybridized carbons (Fsp3) is 0.190. The van der Waals surface area contributed by atoms with Crippen LogP contribution in [0, 0.1) is 20.8 Å². The Kier molecular flexibility index (Phi) is 4.24. The molecule has 2 heterocycles. The molecule has 2 aromatic carbocycles. The largest absolute Gasteiger partial charge is 0.340 e. The number of aromatic nitrogens is 4. The number of para-hydroxylation sites is 2. The van der Waals surface area contributed by atoms with Crippen LogP contribution in [0.1, 0.15) is 28.2 Å². The Morgan fingerprint density at radius 3 is 2.70 bits per heavy atom. The summed E-state index contributed by atoms with van der Waals surface area (Å²) in [6.45, 7) is 6.36. The van der Waals surface area contributed by atoms with E-state index in [9.17, 15) is 4.79 Å². The van der Waals surface area contributed by atoms with Gasteiger partial charge in [0.15, 0.2) is 0 Å². The third-order valence-electron chi connectivity index (χ3n) is 4.77. The molecule has 0 saturated carbocycles.